The molecule has 1 aromatic carbocycles. The van der Waals surface area contributed by atoms with Crippen molar-refractivity contribution in [3.8, 4) is 0 Å². The van der Waals surface area contributed by atoms with Gasteiger partial charge in [-0.3, -0.25) is 9.78 Å². The number of nitrogens with zero attached hydrogens (tertiary/aromatic N) is 1. The van der Waals surface area contributed by atoms with Crippen molar-refractivity contribution in [3.05, 3.63) is 66.0 Å². The Hall–Kier alpha value is -1.87. The molecule has 0 aliphatic rings. The number of alkyl halides is 1. The second-order valence-electron chi connectivity index (χ2n) is 4.29. The van der Waals surface area contributed by atoms with Gasteiger partial charge in [0.05, 0.1) is 6.04 Å². The lowest BCUT2D eigenvalue weighted by Crippen LogP contribution is -2.29. The maximum Gasteiger partial charge on any atom is 0.243 e. The number of aromatic nitrogens is 1. The summed E-state index contributed by atoms with van der Waals surface area (Å²) in [4.78, 5) is 16.1. The van der Waals surface area contributed by atoms with Gasteiger partial charge in [-0.1, -0.05) is 36.4 Å². The van der Waals surface area contributed by atoms with E-state index in [0.29, 0.717) is 0 Å². The van der Waals surface area contributed by atoms with Crippen LogP contribution >= 0.6 is 11.6 Å². The molecule has 0 spiro atoms. The average Bonchev–Trinajstić information content (AvgIpc) is 2.48. The number of rotatable bonds is 4. The molecule has 2 rings (SSSR count). The molecule has 0 saturated carbocycles. The third-order valence-electron chi connectivity index (χ3n) is 2.87. The summed E-state index contributed by atoms with van der Waals surface area (Å²) in [7, 11) is 0. The van der Waals surface area contributed by atoms with Crippen LogP contribution in [0.5, 0.6) is 0 Å². The molecule has 4 heteroatoms. The maximum absolute atomic E-state index is 12.1. The molecule has 98 valence electrons. The van der Waals surface area contributed by atoms with Crippen molar-refractivity contribution in [1.82, 2.24) is 10.3 Å². The number of halogens is 1. The first-order chi connectivity index (χ1) is 9.18. The quantitative estimate of drug-likeness (QED) is 0.870. The van der Waals surface area contributed by atoms with Crippen molar-refractivity contribution in [2.45, 2.75) is 18.3 Å². The van der Waals surface area contributed by atoms with Gasteiger partial charge in [0.15, 0.2) is 0 Å². The molecule has 19 heavy (non-hydrogen) atoms. The average molecular weight is 275 g/mol. The number of hydrogen-bond donors (Lipinski definition) is 1. The molecule has 0 saturated heterocycles. The largest absolute Gasteiger partial charge is 0.348 e. The Morgan fingerprint density at radius 3 is 2.47 bits per heavy atom. The highest BCUT2D eigenvalue weighted by Crippen LogP contribution is 2.21. The zero-order valence-corrected chi connectivity index (χ0v) is 11.3. The summed E-state index contributed by atoms with van der Waals surface area (Å²) in [6.45, 7) is 1.91. The Bertz CT molecular complexity index is 530. The lowest BCUT2D eigenvalue weighted by atomic mass is 10.1. The maximum atomic E-state index is 12.1. The molecule has 2 atom stereocenters. The highest BCUT2D eigenvalue weighted by atomic mass is 35.5. The van der Waals surface area contributed by atoms with Crippen molar-refractivity contribution in [2.24, 2.45) is 0 Å². The molecule has 0 radical (unpaired) electrons. The Morgan fingerprint density at radius 2 is 1.84 bits per heavy atom. The van der Waals surface area contributed by atoms with E-state index in [9.17, 15) is 4.79 Å². The Labute approximate surface area is 117 Å². The summed E-state index contributed by atoms with van der Waals surface area (Å²) in [5, 5.41) is 2.20. The first-order valence-corrected chi connectivity index (χ1v) is 6.51. The molecular weight excluding hydrogens is 260 g/mol. The van der Waals surface area contributed by atoms with Crippen LogP contribution in [-0.4, -0.2) is 10.9 Å². The number of amides is 1. The van der Waals surface area contributed by atoms with E-state index < -0.39 is 5.38 Å². The van der Waals surface area contributed by atoms with Crippen LogP contribution in [0.3, 0.4) is 0 Å². The van der Waals surface area contributed by atoms with Crippen molar-refractivity contribution in [3.63, 3.8) is 0 Å². The van der Waals surface area contributed by atoms with Gasteiger partial charge in [-0.05, 0) is 24.1 Å². The van der Waals surface area contributed by atoms with Crippen molar-refractivity contribution < 1.29 is 4.79 Å². The van der Waals surface area contributed by atoms with E-state index in [1.807, 2.05) is 49.4 Å². The van der Waals surface area contributed by atoms with Gasteiger partial charge in [0.25, 0.3) is 0 Å². The number of nitrogens with one attached hydrogen (secondary N) is 1. The minimum Gasteiger partial charge on any atom is -0.348 e. The predicted molar refractivity (Wildman–Crippen MR) is 75.8 cm³/mol. The van der Waals surface area contributed by atoms with Crippen LogP contribution in [0.1, 0.15) is 29.5 Å². The number of benzene rings is 1. The van der Waals surface area contributed by atoms with E-state index in [1.54, 1.807) is 12.4 Å². The molecule has 3 nitrogen and oxygen atoms in total. The van der Waals surface area contributed by atoms with Crippen LogP contribution in [0.25, 0.3) is 0 Å². The standard InChI is InChI=1S/C15H15ClN2O/c1-11(13-8-5-9-17-10-13)18-15(19)14(16)12-6-3-2-4-7-12/h2-11,14H,1H3,(H,18,19)/t11-,14?/m0/s1. The van der Waals surface area contributed by atoms with Gasteiger partial charge in [0.1, 0.15) is 5.38 Å². The minimum absolute atomic E-state index is 0.119. The van der Waals surface area contributed by atoms with Crippen molar-refractivity contribution in [2.75, 3.05) is 0 Å². The fraction of sp³-hybridized carbons (Fsp3) is 0.200. The van der Waals surface area contributed by atoms with Gasteiger partial charge < -0.3 is 5.32 Å². The van der Waals surface area contributed by atoms with Crippen LogP contribution in [0.15, 0.2) is 54.9 Å². The van der Waals surface area contributed by atoms with E-state index >= 15 is 0 Å². The molecule has 1 N–H and O–H groups in total. The molecule has 1 heterocycles. The third kappa shape index (κ3) is 3.55. The summed E-state index contributed by atoms with van der Waals surface area (Å²) >= 11 is 6.16. The zero-order chi connectivity index (χ0) is 13.7. The second-order valence-corrected chi connectivity index (χ2v) is 4.73. The highest BCUT2D eigenvalue weighted by Gasteiger charge is 2.19. The summed E-state index contributed by atoms with van der Waals surface area (Å²) < 4.78 is 0. The number of hydrogen-bond acceptors (Lipinski definition) is 2. The van der Waals surface area contributed by atoms with Gasteiger partial charge in [-0.15, -0.1) is 11.6 Å². The van der Waals surface area contributed by atoms with E-state index in [2.05, 4.69) is 10.3 Å². The van der Waals surface area contributed by atoms with Crippen LogP contribution < -0.4 is 5.32 Å². The van der Waals surface area contributed by atoms with Crippen LogP contribution in [0, 0.1) is 0 Å². The lowest BCUT2D eigenvalue weighted by molar-refractivity contribution is -0.121. The first-order valence-electron chi connectivity index (χ1n) is 6.08. The van der Waals surface area contributed by atoms with Crippen molar-refractivity contribution >= 4 is 17.5 Å². The summed E-state index contributed by atoms with van der Waals surface area (Å²) in [6, 6.07) is 12.9. The smallest absolute Gasteiger partial charge is 0.243 e. The van der Waals surface area contributed by atoms with Gasteiger partial charge in [0, 0.05) is 12.4 Å². The van der Waals surface area contributed by atoms with Gasteiger partial charge in [-0.2, -0.15) is 0 Å². The van der Waals surface area contributed by atoms with Gasteiger partial charge >= 0.3 is 0 Å². The first kappa shape index (κ1) is 13.6. The van der Waals surface area contributed by atoms with E-state index in [0.717, 1.165) is 11.1 Å². The number of carbonyl (C=O) groups is 1. The lowest BCUT2D eigenvalue weighted by Gasteiger charge is -2.16. The van der Waals surface area contributed by atoms with Crippen molar-refractivity contribution in [1.29, 1.82) is 0 Å². The molecule has 0 fully saturated rings. The Balaban J connectivity index is 2.02. The molecule has 1 amide bonds. The zero-order valence-electron chi connectivity index (χ0n) is 10.6. The minimum atomic E-state index is -0.680. The van der Waals surface area contributed by atoms with Crippen LogP contribution in [0.4, 0.5) is 0 Å². The summed E-state index contributed by atoms with van der Waals surface area (Å²) in [5.41, 5.74) is 1.74. The molecule has 1 aromatic heterocycles. The monoisotopic (exact) mass is 274 g/mol. The summed E-state index contributed by atoms with van der Waals surface area (Å²) in [6.07, 6.45) is 3.43. The second kappa shape index (κ2) is 6.34. The van der Waals surface area contributed by atoms with Crippen LogP contribution in [0.2, 0.25) is 0 Å². The molecule has 0 aliphatic carbocycles. The van der Waals surface area contributed by atoms with E-state index in [-0.39, 0.29) is 11.9 Å². The number of carbonyl (C=O) groups excluding carboxylic acids is 1. The van der Waals surface area contributed by atoms with Crippen LogP contribution in [-0.2, 0) is 4.79 Å². The SMILES string of the molecule is C[C@H](NC(=O)C(Cl)c1ccccc1)c1cccnc1. The van der Waals surface area contributed by atoms with Gasteiger partial charge in [-0.25, -0.2) is 0 Å². The predicted octanol–water partition coefficient (Wildman–Crippen LogP) is 3.24. The number of pyridine rings is 1. The molecule has 0 aliphatic heterocycles. The summed E-state index contributed by atoms with van der Waals surface area (Å²) in [5.74, 6) is -0.204. The molecular formula is C15H15ClN2O. The topological polar surface area (TPSA) is 42.0 Å². The van der Waals surface area contributed by atoms with Gasteiger partial charge in [0.2, 0.25) is 5.91 Å². The Morgan fingerprint density at radius 1 is 1.16 bits per heavy atom. The molecule has 2 aromatic rings. The molecule has 1 unspecified atom stereocenters. The fourth-order valence-corrected chi connectivity index (χ4v) is 1.98. The normalized spacial score (nSPS) is 13.6. The van der Waals surface area contributed by atoms with E-state index in [1.165, 1.54) is 0 Å². The molecule has 0 bridgehead atoms. The third-order valence-corrected chi connectivity index (χ3v) is 3.32. The fourth-order valence-electron chi connectivity index (χ4n) is 1.78. The Kier molecular flexibility index (Phi) is 4.53. The van der Waals surface area contributed by atoms with E-state index in [4.69, 9.17) is 11.6 Å². The highest BCUT2D eigenvalue weighted by molar-refractivity contribution is 6.30.